The van der Waals surface area contributed by atoms with Crippen LogP contribution in [0.5, 0.6) is 0 Å². The second kappa shape index (κ2) is 8.35. The lowest BCUT2D eigenvalue weighted by atomic mass is 10.2. The van der Waals surface area contributed by atoms with E-state index >= 15 is 0 Å². The Morgan fingerprint density at radius 2 is 1.92 bits per heavy atom. The first-order valence-corrected chi connectivity index (χ1v) is 7.96. The SMILES string of the molecule is CCCN(Cc1ccc([N+](=O)[O-])cc1)C(=S)Nc1ccccc1F. The van der Waals surface area contributed by atoms with E-state index in [1.807, 2.05) is 11.8 Å². The molecule has 0 radical (unpaired) electrons. The van der Waals surface area contributed by atoms with Gasteiger partial charge in [-0.2, -0.15) is 0 Å². The first-order chi connectivity index (χ1) is 11.5. The van der Waals surface area contributed by atoms with Gasteiger partial charge >= 0.3 is 0 Å². The number of rotatable bonds is 6. The van der Waals surface area contributed by atoms with Crippen molar-refractivity contribution in [2.75, 3.05) is 11.9 Å². The van der Waals surface area contributed by atoms with Gasteiger partial charge in [-0.25, -0.2) is 4.39 Å². The molecule has 2 aromatic carbocycles. The van der Waals surface area contributed by atoms with Crippen LogP contribution in [-0.4, -0.2) is 21.5 Å². The molecule has 0 aliphatic rings. The number of anilines is 1. The van der Waals surface area contributed by atoms with Crippen LogP contribution < -0.4 is 5.32 Å². The van der Waals surface area contributed by atoms with E-state index in [1.165, 1.54) is 18.2 Å². The normalized spacial score (nSPS) is 10.2. The molecule has 0 aliphatic heterocycles. The second-order valence-electron chi connectivity index (χ2n) is 5.26. The van der Waals surface area contributed by atoms with Gasteiger partial charge < -0.3 is 10.2 Å². The van der Waals surface area contributed by atoms with Gasteiger partial charge in [-0.3, -0.25) is 10.1 Å². The molecule has 1 N–H and O–H groups in total. The number of thiocarbonyl (C=S) groups is 1. The van der Waals surface area contributed by atoms with E-state index in [0.717, 1.165) is 12.0 Å². The number of halogens is 1. The molecule has 7 heteroatoms. The van der Waals surface area contributed by atoms with E-state index in [0.29, 0.717) is 23.9 Å². The highest BCUT2D eigenvalue weighted by molar-refractivity contribution is 7.80. The number of nitrogens with one attached hydrogen (secondary N) is 1. The maximum atomic E-state index is 13.7. The van der Waals surface area contributed by atoms with Crippen LogP contribution >= 0.6 is 12.2 Å². The second-order valence-corrected chi connectivity index (χ2v) is 5.64. The van der Waals surface area contributed by atoms with Gasteiger partial charge in [0.1, 0.15) is 5.82 Å². The third kappa shape index (κ3) is 4.73. The maximum Gasteiger partial charge on any atom is 0.269 e. The van der Waals surface area contributed by atoms with Gasteiger partial charge in [-0.15, -0.1) is 0 Å². The predicted molar refractivity (Wildman–Crippen MR) is 96.4 cm³/mol. The van der Waals surface area contributed by atoms with Crippen LogP contribution in [0.15, 0.2) is 48.5 Å². The fraction of sp³-hybridized carbons (Fsp3) is 0.235. The van der Waals surface area contributed by atoms with Gasteiger partial charge in [0, 0.05) is 25.2 Å². The molecule has 2 rings (SSSR count). The Morgan fingerprint density at radius 3 is 2.50 bits per heavy atom. The summed E-state index contributed by atoms with van der Waals surface area (Å²) in [6, 6.07) is 12.7. The fourth-order valence-electron chi connectivity index (χ4n) is 2.22. The van der Waals surface area contributed by atoms with Crippen LogP contribution in [-0.2, 0) is 6.54 Å². The number of nitrogens with zero attached hydrogens (tertiary/aromatic N) is 2. The molecule has 0 heterocycles. The van der Waals surface area contributed by atoms with Crippen LogP contribution in [0.1, 0.15) is 18.9 Å². The van der Waals surface area contributed by atoms with Crippen molar-refractivity contribution in [3.63, 3.8) is 0 Å². The van der Waals surface area contributed by atoms with Crippen LogP contribution in [0.25, 0.3) is 0 Å². The number of para-hydroxylation sites is 1. The van der Waals surface area contributed by atoms with Gasteiger partial charge in [0.15, 0.2) is 5.11 Å². The summed E-state index contributed by atoms with van der Waals surface area (Å²) in [4.78, 5) is 12.2. The largest absolute Gasteiger partial charge is 0.345 e. The van der Waals surface area contributed by atoms with Crippen LogP contribution in [0.4, 0.5) is 15.8 Å². The Balaban J connectivity index is 2.09. The van der Waals surface area contributed by atoms with E-state index < -0.39 is 4.92 Å². The zero-order valence-corrected chi connectivity index (χ0v) is 14.1. The monoisotopic (exact) mass is 347 g/mol. The number of nitro benzene ring substituents is 1. The molecule has 2 aromatic rings. The van der Waals surface area contributed by atoms with Crippen molar-refractivity contribution in [1.29, 1.82) is 0 Å². The summed E-state index contributed by atoms with van der Waals surface area (Å²) in [5, 5.41) is 14.0. The van der Waals surface area contributed by atoms with Crippen molar-refractivity contribution in [1.82, 2.24) is 4.90 Å². The topological polar surface area (TPSA) is 58.4 Å². The van der Waals surface area contributed by atoms with E-state index in [1.54, 1.807) is 30.3 Å². The zero-order chi connectivity index (χ0) is 17.5. The minimum Gasteiger partial charge on any atom is -0.345 e. The van der Waals surface area contributed by atoms with Gasteiger partial charge in [0.05, 0.1) is 10.6 Å². The van der Waals surface area contributed by atoms with Gasteiger partial charge in [-0.1, -0.05) is 31.2 Å². The van der Waals surface area contributed by atoms with Crippen molar-refractivity contribution in [3.05, 3.63) is 70.0 Å². The highest BCUT2D eigenvalue weighted by atomic mass is 32.1. The number of benzene rings is 2. The number of nitro groups is 1. The Morgan fingerprint density at radius 1 is 1.25 bits per heavy atom. The Labute approximate surface area is 145 Å². The first kappa shape index (κ1) is 17.8. The van der Waals surface area contributed by atoms with Crippen LogP contribution in [0.2, 0.25) is 0 Å². The van der Waals surface area contributed by atoms with E-state index in [4.69, 9.17) is 12.2 Å². The average molecular weight is 347 g/mol. The number of hydrogen-bond donors (Lipinski definition) is 1. The molecule has 5 nitrogen and oxygen atoms in total. The Bertz CT molecular complexity index is 722. The van der Waals surface area contributed by atoms with Crippen LogP contribution in [0.3, 0.4) is 0 Å². The summed E-state index contributed by atoms with van der Waals surface area (Å²) in [5.74, 6) is -0.369. The minimum atomic E-state index is -0.433. The molecule has 0 spiro atoms. The Hall–Kier alpha value is -2.54. The van der Waals surface area contributed by atoms with E-state index in [-0.39, 0.29) is 11.5 Å². The van der Waals surface area contributed by atoms with Gasteiger partial charge in [0.25, 0.3) is 5.69 Å². The molecule has 0 bridgehead atoms. The summed E-state index contributed by atoms with van der Waals surface area (Å²) >= 11 is 5.39. The van der Waals surface area contributed by atoms with Crippen molar-refractivity contribution in [2.45, 2.75) is 19.9 Å². The van der Waals surface area contributed by atoms with Crippen LogP contribution in [0, 0.1) is 15.9 Å². The summed E-state index contributed by atoms with van der Waals surface area (Å²) in [7, 11) is 0. The quantitative estimate of drug-likeness (QED) is 0.478. The maximum absolute atomic E-state index is 13.7. The summed E-state index contributed by atoms with van der Waals surface area (Å²) in [6.07, 6.45) is 0.867. The summed E-state index contributed by atoms with van der Waals surface area (Å²) in [5.41, 5.74) is 1.27. The molecular formula is C17H18FN3O2S. The lowest BCUT2D eigenvalue weighted by Gasteiger charge is -2.25. The fourth-order valence-corrected chi connectivity index (χ4v) is 2.49. The minimum absolute atomic E-state index is 0.0489. The summed E-state index contributed by atoms with van der Waals surface area (Å²) < 4.78 is 13.7. The molecule has 126 valence electrons. The number of hydrogen-bond acceptors (Lipinski definition) is 3. The third-order valence-corrected chi connectivity index (χ3v) is 3.78. The molecule has 0 unspecified atom stereocenters. The third-order valence-electron chi connectivity index (χ3n) is 3.42. The molecule has 0 saturated heterocycles. The predicted octanol–water partition coefficient (Wildman–Crippen LogP) is 4.34. The molecule has 0 fully saturated rings. The molecule has 0 aliphatic carbocycles. The van der Waals surface area contributed by atoms with Crippen molar-refractivity contribution in [3.8, 4) is 0 Å². The molecule has 0 atom stereocenters. The van der Waals surface area contributed by atoms with Crippen molar-refractivity contribution in [2.24, 2.45) is 0 Å². The van der Waals surface area contributed by atoms with Crippen molar-refractivity contribution >= 4 is 28.7 Å². The van der Waals surface area contributed by atoms with Crippen molar-refractivity contribution < 1.29 is 9.31 Å². The standard InChI is InChI=1S/C17H18FN3O2S/c1-2-11-20(12-13-7-9-14(10-8-13)21(22)23)17(24)19-16-6-4-3-5-15(16)18/h3-10H,2,11-12H2,1H3,(H,19,24). The lowest BCUT2D eigenvalue weighted by molar-refractivity contribution is -0.384. The average Bonchev–Trinajstić information content (AvgIpc) is 2.57. The van der Waals surface area contributed by atoms with Gasteiger partial charge in [-0.05, 0) is 36.3 Å². The molecular weight excluding hydrogens is 329 g/mol. The smallest absolute Gasteiger partial charge is 0.269 e. The lowest BCUT2D eigenvalue weighted by Crippen LogP contribution is -2.35. The zero-order valence-electron chi connectivity index (χ0n) is 13.2. The summed E-state index contributed by atoms with van der Waals surface area (Å²) in [6.45, 7) is 3.21. The highest BCUT2D eigenvalue weighted by Crippen LogP contribution is 2.16. The molecule has 0 amide bonds. The molecule has 24 heavy (non-hydrogen) atoms. The van der Waals surface area contributed by atoms with Gasteiger partial charge in [0.2, 0.25) is 0 Å². The Kier molecular flexibility index (Phi) is 6.20. The van der Waals surface area contributed by atoms with E-state index in [2.05, 4.69) is 5.32 Å². The molecule has 0 saturated carbocycles. The highest BCUT2D eigenvalue weighted by Gasteiger charge is 2.12. The van der Waals surface area contributed by atoms with E-state index in [9.17, 15) is 14.5 Å². The number of non-ortho nitro benzene ring substituents is 1. The first-order valence-electron chi connectivity index (χ1n) is 7.55. The molecule has 0 aromatic heterocycles.